The Labute approximate surface area is 112 Å². The summed E-state index contributed by atoms with van der Waals surface area (Å²) in [6, 6.07) is -0.170. The first-order chi connectivity index (χ1) is 9.34. The summed E-state index contributed by atoms with van der Waals surface area (Å²) in [5.41, 5.74) is 0. The van der Waals surface area contributed by atoms with Gasteiger partial charge < -0.3 is 20.7 Å². The fraction of sp³-hybridized carbons (Fsp3) is 0.583. The van der Waals surface area contributed by atoms with E-state index in [0.29, 0.717) is 25.5 Å². The van der Waals surface area contributed by atoms with Crippen molar-refractivity contribution in [2.45, 2.75) is 18.9 Å². The SMILES string of the molecule is O=C(NCCNc1cnccn1)NC[C@H]1CCCO1. The third kappa shape index (κ3) is 5.09. The van der Waals surface area contributed by atoms with E-state index in [0.717, 1.165) is 19.4 Å². The second-order valence-corrected chi connectivity index (χ2v) is 4.29. The van der Waals surface area contributed by atoms with E-state index in [1.807, 2.05) is 0 Å². The minimum Gasteiger partial charge on any atom is -0.376 e. The maximum absolute atomic E-state index is 11.5. The number of ether oxygens (including phenoxy) is 1. The molecule has 3 N–H and O–H groups in total. The Kier molecular flexibility index (Phi) is 5.36. The number of urea groups is 1. The number of nitrogens with one attached hydrogen (secondary N) is 3. The normalized spacial score (nSPS) is 18.0. The fourth-order valence-electron chi connectivity index (χ4n) is 1.83. The molecule has 0 aliphatic carbocycles. The third-order valence-corrected chi connectivity index (χ3v) is 2.79. The van der Waals surface area contributed by atoms with Crippen LogP contribution in [0, 0.1) is 0 Å². The van der Waals surface area contributed by atoms with Crippen molar-refractivity contribution < 1.29 is 9.53 Å². The quantitative estimate of drug-likeness (QED) is 0.647. The van der Waals surface area contributed by atoms with Crippen LogP contribution in [0.15, 0.2) is 18.6 Å². The van der Waals surface area contributed by atoms with E-state index in [1.165, 1.54) is 0 Å². The molecule has 1 aliphatic rings. The van der Waals surface area contributed by atoms with Crippen molar-refractivity contribution in [3.63, 3.8) is 0 Å². The van der Waals surface area contributed by atoms with Crippen LogP contribution in [0.25, 0.3) is 0 Å². The lowest BCUT2D eigenvalue weighted by molar-refractivity contribution is 0.111. The zero-order valence-electron chi connectivity index (χ0n) is 10.8. The standard InChI is InChI=1S/C12H19N5O2/c18-12(17-8-10-2-1-7-19-10)16-6-5-15-11-9-13-3-4-14-11/h3-4,9-10H,1-2,5-8H2,(H,14,15)(H2,16,17,18)/t10-/m1/s1. The number of aromatic nitrogens is 2. The fourth-order valence-corrected chi connectivity index (χ4v) is 1.83. The molecule has 104 valence electrons. The van der Waals surface area contributed by atoms with Gasteiger partial charge >= 0.3 is 6.03 Å². The lowest BCUT2D eigenvalue weighted by Gasteiger charge is -2.12. The number of hydrogen-bond donors (Lipinski definition) is 3. The van der Waals surface area contributed by atoms with Crippen LogP contribution >= 0.6 is 0 Å². The Hall–Kier alpha value is -1.89. The molecular weight excluding hydrogens is 246 g/mol. The van der Waals surface area contributed by atoms with Gasteiger partial charge in [-0.05, 0) is 12.8 Å². The summed E-state index contributed by atoms with van der Waals surface area (Å²) in [6.07, 6.45) is 7.14. The Bertz CT molecular complexity index is 381. The van der Waals surface area contributed by atoms with Crippen molar-refractivity contribution in [1.29, 1.82) is 0 Å². The summed E-state index contributed by atoms with van der Waals surface area (Å²) in [4.78, 5) is 19.5. The van der Waals surface area contributed by atoms with E-state index in [1.54, 1.807) is 18.6 Å². The van der Waals surface area contributed by atoms with E-state index < -0.39 is 0 Å². The molecule has 1 atom stereocenters. The molecule has 19 heavy (non-hydrogen) atoms. The summed E-state index contributed by atoms with van der Waals surface area (Å²) in [5.74, 6) is 0.698. The van der Waals surface area contributed by atoms with Crippen molar-refractivity contribution >= 4 is 11.8 Å². The van der Waals surface area contributed by atoms with Crippen LogP contribution in [0.1, 0.15) is 12.8 Å². The summed E-state index contributed by atoms with van der Waals surface area (Å²) < 4.78 is 5.42. The topological polar surface area (TPSA) is 88.2 Å². The lowest BCUT2D eigenvalue weighted by Crippen LogP contribution is -2.41. The number of anilines is 1. The molecule has 2 heterocycles. The van der Waals surface area contributed by atoms with Crippen LogP contribution in [-0.2, 0) is 4.74 Å². The molecule has 2 amide bonds. The highest BCUT2D eigenvalue weighted by Crippen LogP contribution is 2.10. The Balaban J connectivity index is 1.51. The Morgan fingerprint density at radius 3 is 3.05 bits per heavy atom. The molecule has 1 saturated heterocycles. The maximum atomic E-state index is 11.5. The highest BCUT2D eigenvalue weighted by Gasteiger charge is 2.15. The molecule has 0 spiro atoms. The van der Waals surface area contributed by atoms with Crippen LogP contribution in [0.4, 0.5) is 10.6 Å². The van der Waals surface area contributed by atoms with Gasteiger partial charge in [0.1, 0.15) is 5.82 Å². The molecule has 1 aliphatic heterocycles. The van der Waals surface area contributed by atoms with Crippen LogP contribution in [-0.4, -0.2) is 48.3 Å². The van der Waals surface area contributed by atoms with E-state index in [4.69, 9.17) is 4.74 Å². The molecular formula is C12H19N5O2. The largest absolute Gasteiger partial charge is 0.376 e. The van der Waals surface area contributed by atoms with Crippen molar-refractivity contribution in [1.82, 2.24) is 20.6 Å². The first-order valence-corrected chi connectivity index (χ1v) is 6.48. The smallest absolute Gasteiger partial charge is 0.314 e. The van der Waals surface area contributed by atoms with Gasteiger partial charge in [0.15, 0.2) is 0 Å². The van der Waals surface area contributed by atoms with Gasteiger partial charge in [0.2, 0.25) is 0 Å². The molecule has 7 nitrogen and oxygen atoms in total. The summed E-state index contributed by atoms with van der Waals surface area (Å²) in [7, 11) is 0. The van der Waals surface area contributed by atoms with E-state index in [-0.39, 0.29) is 12.1 Å². The predicted molar refractivity (Wildman–Crippen MR) is 70.9 cm³/mol. The van der Waals surface area contributed by atoms with Crippen LogP contribution in [0.5, 0.6) is 0 Å². The molecule has 1 aromatic heterocycles. The predicted octanol–water partition coefficient (Wildman–Crippen LogP) is 0.367. The van der Waals surface area contributed by atoms with Gasteiger partial charge in [-0.2, -0.15) is 0 Å². The molecule has 1 fully saturated rings. The second kappa shape index (κ2) is 7.52. The van der Waals surface area contributed by atoms with Crippen LogP contribution in [0.2, 0.25) is 0 Å². The number of rotatable bonds is 6. The van der Waals surface area contributed by atoms with Gasteiger partial charge in [0, 0.05) is 38.6 Å². The molecule has 1 aromatic rings. The van der Waals surface area contributed by atoms with Crippen molar-refractivity contribution in [3.8, 4) is 0 Å². The second-order valence-electron chi connectivity index (χ2n) is 4.29. The third-order valence-electron chi connectivity index (χ3n) is 2.79. The van der Waals surface area contributed by atoms with E-state index in [2.05, 4.69) is 25.9 Å². The molecule has 0 bridgehead atoms. The first-order valence-electron chi connectivity index (χ1n) is 6.48. The van der Waals surface area contributed by atoms with Gasteiger partial charge in [-0.1, -0.05) is 0 Å². The number of carbonyl (C=O) groups excluding carboxylic acids is 1. The highest BCUT2D eigenvalue weighted by molar-refractivity contribution is 5.73. The molecule has 0 saturated carbocycles. The monoisotopic (exact) mass is 265 g/mol. The number of amides is 2. The minimum atomic E-state index is -0.170. The van der Waals surface area contributed by atoms with Crippen LogP contribution in [0.3, 0.4) is 0 Å². The average molecular weight is 265 g/mol. The zero-order valence-corrected chi connectivity index (χ0v) is 10.8. The molecule has 0 radical (unpaired) electrons. The van der Waals surface area contributed by atoms with Crippen molar-refractivity contribution in [2.75, 3.05) is 31.6 Å². The van der Waals surface area contributed by atoms with Crippen LogP contribution < -0.4 is 16.0 Å². The molecule has 0 aromatic carbocycles. The summed E-state index contributed by atoms with van der Waals surface area (Å²) in [6.45, 7) is 2.50. The lowest BCUT2D eigenvalue weighted by atomic mass is 10.2. The zero-order chi connectivity index (χ0) is 13.3. The molecule has 0 unspecified atom stereocenters. The Morgan fingerprint density at radius 1 is 1.37 bits per heavy atom. The van der Waals surface area contributed by atoms with Gasteiger partial charge in [0.25, 0.3) is 0 Å². The average Bonchev–Trinajstić information content (AvgIpc) is 2.96. The minimum absolute atomic E-state index is 0.170. The van der Waals surface area contributed by atoms with Gasteiger partial charge in [0.05, 0.1) is 12.3 Å². The van der Waals surface area contributed by atoms with E-state index >= 15 is 0 Å². The number of nitrogens with zero attached hydrogens (tertiary/aromatic N) is 2. The van der Waals surface area contributed by atoms with Crippen molar-refractivity contribution in [2.24, 2.45) is 0 Å². The van der Waals surface area contributed by atoms with Crippen molar-refractivity contribution in [3.05, 3.63) is 18.6 Å². The van der Waals surface area contributed by atoms with Gasteiger partial charge in [-0.3, -0.25) is 4.98 Å². The van der Waals surface area contributed by atoms with Gasteiger partial charge in [-0.25, -0.2) is 9.78 Å². The molecule has 2 rings (SSSR count). The maximum Gasteiger partial charge on any atom is 0.314 e. The summed E-state index contributed by atoms with van der Waals surface area (Å²) >= 11 is 0. The summed E-state index contributed by atoms with van der Waals surface area (Å²) in [5, 5.41) is 8.61. The first kappa shape index (κ1) is 13.5. The van der Waals surface area contributed by atoms with E-state index in [9.17, 15) is 4.79 Å². The van der Waals surface area contributed by atoms with Gasteiger partial charge in [-0.15, -0.1) is 0 Å². The Morgan fingerprint density at radius 2 is 2.32 bits per heavy atom. The highest BCUT2D eigenvalue weighted by atomic mass is 16.5. The number of carbonyl (C=O) groups is 1. The number of hydrogen-bond acceptors (Lipinski definition) is 5. The molecule has 7 heteroatoms.